The number of aliphatic carboxylic acids is 1. The van der Waals surface area contributed by atoms with E-state index in [2.05, 4.69) is 5.32 Å². The molecule has 0 spiro atoms. The van der Waals surface area contributed by atoms with E-state index in [0.717, 1.165) is 16.7 Å². The van der Waals surface area contributed by atoms with E-state index in [9.17, 15) is 23.5 Å². The maximum atomic E-state index is 13.2. The number of urea groups is 1. The van der Waals surface area contributed by atoms with E-state index in [4.69, 9.17) is 14.2 Å². The Hall–Kier alpha value is -4.02. The molecular formula is C31H36F2N2O6. The molecule has 1 unspecified atom stereocenters. The molecule has 0 bridgehead atoms. The van der Waals surface area contributed by atoms with Gasteiger partial charge >= 0.3 is 12.0 Å². The average molecular weight is 571 g/mol. The second-order valence-electron chi connectivity index (χ2n) is 9.28. The molecule has 2 amide bonds. The summed E-state index contributed by atoms with van der Waals surface area (Å²) in [6, 6.07) is 18.8. The number of hydrogen-bond donors (Lipinski definition) is 2. The van der Waals surface area contributed by atoms with Gasteiger partial charge < -0.3 is 29.5 Å². The highest BCUT2D eigenvalue weighted by molar-refractivity contribution is 5.74. The van der Waals surface area contributed by atoms with Gasteiger partial charge in [-0.2, -0.15) is 0 Å². The molecule has 0 saturated carbocycles. The fraction of sp³-hybridized carbons (Fsp3) is 0.355. The standard InChI is InChI=1S/C31H36F2N2O6/c1-2-40-29(30(36)37)20-23-8-14-28(15-9-23)41-19-17-35(31(38)34-21-24-4-10-26(32)11-5-24)16-3-18-39-22-25-6-12-27(33)13-7-25/h4-15,29H,2-3,16-22H2,1H3,(H,34,38)(H,36,37). The number of rotatable bonds is 17. The van der Waals surface area contributed by atoms with Crippen molar-refractivity contribution >= 4 is 12.0 Å². The first-order valence-corrected chi connectivity index (χ1v) is 13.5. The lowest BCUT2D eigenvalue weighted by atomic mass is 10.1. The highest BCUT2D eigenvalue weighted by Gasteiger charge is 2.18. The number of ether oxygens (including phenoxy) is 3. The smallest absolute Gasteiger partial charge is 0.333 e. The molecule has 0 aromatic heterocycles. The molecule has 0 radical (unpaired) electrons. The first-order chi connectivity index (χ1) is 19.8. The predicted molar refractivity (Wildman–Crippen MR) is 150 cm³/mol. The molecule has 0 aliphatic heterocycles. The van der Waals surface area contributed by atoms with Gasteiger partial charge in [0.15, 0.2) is 6.10 Å². The lowest BCUT2D eigenvalue weighted by Gasteiger charge is -2.23. The number of nitrogens with one attached hydrogen (secondary N) is 1. The third-order valence-electron chi connectivity index (χ3n) is 6.16. The van der Waals surface area contributed by atoms with Gasteiger partial charge in [0, 0.05) is 32.7 Å². The zero-order valence-corrected chi connectivity index (χ0v) is 23.1. The van der Waals surface area contributed by atoms with Crippen LogP contribution in [0.4, 0.5) is 13.6 Å². The number of nitrogens with zero attached hydrogens (tertiary/aromatic N) is 1. The molecule has 3 aromatic rings. The summed E-state index contributed by atoms with van der Waals surface area (Å²) >= 11 is 0. The molecule has 2 N–H and O–H groups in total. The fourth-order valence-electron chi connectivity index (χ4n) is 3.96. The second kappa shape index (κ2) is 16.9. The van der Waals surface area contributed by atoms with Gasteiger partial charge in [0.1, 0.15) is 24.0 Å². The van der Waals surface area contributed by atoms with Crippen LogP contribution in [0.25, 0.3) is 0 Å². The number of amides is 2. The summed E-state index contributed by atoms with van der Waals surface area (Å²) < 4.78 is 43.1. The first-order valence-electron chi connectivity index (χ1n) is 13.5. The van der Waals surface area contributed by atoms with E-state index in [1.165, 1.54) is 24.3 Å². The molecule has 1 atom stereocenters. The number of halogens is 2. The van der Waals surface area contributed by atoms with Crippen LogP contribution in [0.5, 0.6) is 5.75 Å². The highest BCUT2D eigenvalue weighted by Crippen LogP contribution is 2.15. The number of benzene rings is 3. The lowest BCUT2D eigenvalue weighted by molar-refractivity contribution is -0.149. The van der Waals surface area contributed by atoms with Crippen LogP contribution in [0.15, 0.2) is 72.8 Å². The summed E-state index contributed by atoms with van der Waals surface area (Å²) in [6.07, 6.45) is -0.0903. The monoisotopic (exact) mass is 570 g/mol. The van der Waals surface area contributed by atoms with Gasteiger partial charge in [0.2, 0.25) is 0 Å². The van der Waals surface area contributed by atoms with E-state index in [1.54, 1.807) is 60.4 Å². The Labute approximate surface area is 238 Å². The molecule has 220 valence electrons. The molecule has 8 nitrogen and oxygen atoms in total. The minimum Gasteiger partial charge on any atom is -0.492 e. The fourth-order valence-corrected chi connectivity index (χ4v) is 3.96. The summed E-state index contributed by atoms with van der Waals surface area (Å²) in [4.78, 5) is 25.9. The van der Waals surface area contributed by atoms with Gasteiger partial charge in [0.05, 0.1) is 13.2 Å². The van der Waals surface area contributed by atoms with Crippen LogP contribution in [0, 0.1) is 11.6 Å². The van der Waals surface area contributed by atoms with Crippen molar-refractivity contribution in [2.24, 2.45) is 0 Å². The third-order valence-corrected chi connectivity index (χ3v) is 6.16. The molecule has 3 aromatic carbocycles. The van der Waals surface area contributed by atoms with Crippen molar-refractivity contribution in [1.29, 1.82) is 0 Å². The minimum absolute atomic E-state index is 0.233. The van der Waals surface area contributed by atoms with Crippen LogP contribution in [0.3, 0.4) is 0 Å². The highest BCUT2D eigenvalue weighted by atomic mass is 19.1. The average Bonchev–Trinajstić information content (AvgIpc) is 2.97. The van der Waals surface area contributed by atoms with Crippen molar-refractivity contribution in [1.82, 2.24) is 10.2 Å². The Morgan fingerprint density at radius 2 is 1.46 bits per heavy atom. The largest absolute Gasteiger partial charge is 0.492 e. The molecule has 3 rings (SSSR count). The Kier molecular flexibility index (Phi) is 13.0. The van der Waals surface area contributed by atoms with Crippen molar-refractivity contribution < 1.29 is 37.7 Å². The summed E-state index contributed by atoms with van der Waals surface area (Å²) in [7, 11) is 0. The van der Waals surface area contributed by atoms with Crippen LogP contribution in [0.1, 0.15) is 30.0 Å². The molecular weight excluding hydrogens is 534 g/mol. The van der Waals surface area contributed by atoms with E-state index in [0.29, 0.717) is 45.1 Å². The van der Waals surface area contributed by atoms with E-state index in [-0.39, 0.29) is 37.2 Å². The second-order valence-corrected chi connectivity index (χ2v) is 9.28. The number of carbonyl (C=O) groups excluding carboxylic acids is 1. The van der Waals surface area contributed by atoms with Crippen molar-refractivity contribution in [3.05, 3.63) is 101 Å². The molecule has 10 heteroatoms. The van der Waals surface area contributed by atoms with E-state index in [1.807, 2.05) is 0 Å². The zero-order chi connectivity index (χ0) is 29.5. The third kappa shape index (κ3) is 11.5. The zero-order valence-electron chi connectivity index (χ0n) is 23.1. The summed E-state index contributed by atoms with van der Waals surface area (Å²) in [5.74, 6) is -1.07. The van der Waals surface area contributed by atoms with Crippen LogP contribution in [0.2, 0.25) is 0 Å². The quantitative estimate of drug-likeness (QED) is 0.217. The first kappa shape index (κ1) is 31.5. The normalized spacial score (nSPS) is 11.6. The maximum Gasteiger partial charge on any atom is 0.333 e. The van der Waals surface area contributed by atoms with Crippen LogP contribution >= 0.6 is 0 Å². The van der Waals surface area contributed by atoms with Crippen molar-refractivity contribution in [3.63, 3.8) is 0 Å². The van der Waals surface area contributed by atoms with E-state index >= 15 is 0 Å². The van der Waals surface area contributed by atoms with Gasteiger partial charge in [-0.3, -0.25) is 0 Å². The topological polar surface area (TPSA) is 97.3 Å². The molecule has 0 aliphatic rings. The van der Waals surface area contributed by atoms with Crippen LogP contribution < -0.4 is 10.1 Å². The Morgan fingerprint density at radius 1 is 0.854 bits per heavy atom. The van der Waals surface area contributed by atoms with Crippen molar-refractivity contribution in [2.45, 2.75) is 39.0 Å². The van der Waals surface area contributed by atoms with Crippen LogP contribution in [-0.4, -0.2) is 61.0 Å². The van der Waals surface area contributed by atoms with Gasteiger partial charge in [-0.05, 0) is 66.4 Å². The van der Waals surface area contributed by atoms with Gasteiger partial charge in [-0.1, -0.05) is 36.4 Å². The molecule has 0 aliphatic carbocycles. The van der Waals surface area contributed by atoms with Gasteiger partial charge in [-0.15, -0.1) is 0 Å². The Morgan fingerprint density at radius 3 is 2.07 bits per heavy atom. The SMILES string of the molecule is CCOC(Cc1ccc(OCCN(CCCOCc2ccc(F)cc2)C(=O)NCc2ccc(F)cc2)cc1)C(=O)O. The summed E-state index contributed by atoms with van der Waals surface area (Å²) in [6.45, 7) is 4.01. The molecule has 0 fully saturated rings. The molecule has 0 saturated heterocycles. The Bertz CT molecular complexity index is 1210. The molecule has 0 heterocycles. The maximum absolute atomic E-state index is 13.2. The number of carboxylic acids is 1. The molecule has 41 heavy (non-hydrogen) atoms. The number of hydrogen-bond acceptors (Lipinski definition) is 5. The predicted octanol–water partition coefficient (Wildman–Crippen LogP) is 5.19. The van der Waals surface area contributed by atoms with Crippen molar-refractivity contribution in [3.8, 4) is 5.75 Å². The number of carboxylic acid groups (broad SMARTS) is 1. The van der Waals surface area contributed by atoms with Gasteiger partial charge in [0.25, 0.3) is 0 Å². The lowest BCUT2D eigenvalue weighted by Crippen LogP contribution is -2.42. The number of carbonyl (C=O) groups is 2. The van der Waals surface area contributed by atoms with Gasteiger partial charge in [-0.25, -0.2) is 18.4 Å². The van der Waals surface area contributed by atoms with Crippen LogP contribution in [-0.2, 0) is 33.8 Å². The Balaban J connectivity index is 1.49. The van der Waals surface area contributed by atoms with E-state index < -0.39 is 12.1 Å². The summed E-state index contributed by atoms with van der Waals surface area (Å²) in [5, 5.41) is 12.1. The van der Waals surface area contributed by atoms with Crippen molar-refractivity contribution in [2.75, 3.05) is 32.9 Å². The summed E-state index contributed by atoms with van der Waals surface area (Å²) in [5.41, 5.74) is 2.44. The minimum atomic E-state index is -1.01.